The van der Waals surface area contributed by atoms with Crippen molar-refractivity contribution < 1.29 is 62.5 Å². The van der Waals surface area contributed by atoms with Gasteiger partial charge in [0, 0.05) is 65.2 Å². The lowest BCUT2D eigenvalue weighted by molar-refractivity contribution is -0.253. The number of ether oxygens (including phenoxy) is 7. The van der Waals surface area contributed by atoms with Crippen LogP contribution < -0.4 is 5.32 Å². The lowest BCUT2D eigenvalue weighted by Crippen LogP contribution is -2.62. The molecule has 0 bridgehead atoms. The maximum atomic E-state index is 12.3. The summed E-state index contributed by atoms with van der Waals surface area (Å²) in [5.74, 6) is -2.73. The number of hydrogen-bond acceptors (Lipinski definition) is 15. The Morgan fingerprint density at radius 2 is 1.34 bits per heavy atom. The Labute approximate surface area is 361 Å². The number of nitrogens with one attached hydrogen (secondary N) is 1. The molecule has 0 aromatic heterocycles. The van der Waals surface area contributed by atoms with Crippen molar-refractivity contribution in [3.05, 3.63) is 107 Å². The molecule has 2 heterocycles. The van der Waals surface area contributed by atoms with Gasteiger partial charge in [0.15, 0.2) is 24.6 Å². The summed E-state index contributed by atoms with van der Waals surface area (Å²) in [5.41, 5.74) is 4.27. The van der Waals surface area contributed by atoms with E-state index < -0.39 is 66.8 Å². The van der Waals surface area contributed by atoms with Crippen LogP contribution in [0.25, 0.3) is 0 Å². The van der Waals surface area contributed by atoms with Crippen molar-refractivity contribution in [2.24, 2.45) is 0 Å². The molecule has 16 heteroatoms. The van der Waals surface area contributed by atoms with E-state index in [-0.39, 0.29) is 37.9 Å². The van der Waals surface area contributed by atoms with E-state index in [0.717, 1.165) is 34.7 Å². The Morgan fingerprint density at radius 1 is 0.770 bits per heavy atom. The number of rotatable bonds is 17. The molecule has 10 unspecified atom stereocenters. The van der Waals surface area contributed by atoms with Crippen molar-refractivity contribution in [3.63, 3.8) is 0 Å². The number of likely N-dealkylation sites (N-methyl/N-ethyl adjacent to an activating group) is 1. The van der Waals surface area contributed by atoms with E-state index in [0.29, 0.717) is 24.5 Å². The lowest BCUT2D eigenvalue weighted by atomic mass is 9.92. The van der Waals surface area contributed by atoms with Crippen molar-refractivity contribution in [2.45, 2.75) is 122 Å². The van der Waals surface area contributed by atoms with Gasteiger partial charge in [0.1, 0.15) is 18.8 Å². The molecule has 3 N–H and O–H groups in total. The highest BCUT2D eigenvalue weighted by Crippen LogP contribution is 2.39. The summed E-state index contributed by atoms with van der Waals surface area (Å²) in [6, 6.07) is 24.7. The zero-order valence-electron chi connectivity index (χ0n) is 35.3. The third kappa shape index (κ3) is 13.6. The summed E-state index contributed by atoms with van der Waals surface area (Å²) in [6.07, 6.45) is -7.15. The molecule has 10 atom stereocenters. The van der Waals surface area contributed by atoms with Gasteiger partial charge in [-0.1, -0.05) is 91.1 Å². The molecule has 2 saturated heterocycles. The summed E-state index contributed by atoms with van der Waals surface area (Å²) in [7, 11) is 1.97. The van der Waals surface area contributed by atoms with Crippen LogP contribution in [0, 0.1) is 0 Å². The summed E-state index contributed by atoms with van der Waals surface area (Å²) >= 11 is 5.70. The van der Waals surface area contributed by atoms with Crippen LogP contribution in [0.5, 0.6) is 0 Å². The predicted octanol–water partition coefficient (Wildman–Crippen LogP) is 4.71. The van der Waals surface area contributed by atoms with E-state index in [9.17, 15) is 29.4 Å². The Hall–Kier alpha value is -4.81. The van der Waals surface area contributed by atoms with E-state index in [1.165, 1.54) is 20.8 Å². The zero-order chi connectivity index (χ0) is 44.2. The summed E-state index contributed by atoms with van der Waals surface area (Å²) < 4.78 is 41.1. The molecule has 330 valence electrons. The number of carbonyl (C=O) groups is 4. The molecule has 3 aromatic carbocycles. The average Bonchev–Trinajstić information content (AvgIpc) is 3.23. The van der Waals surface area contributed by atoms with Gasteiger partial charge in [0.25, 0.3) is 0 Å². The summed E-state index contributed by atoms with van der Waals surface area (Å²) in [4.78, 5) is 50.7. The van der Waals surface area contributed by atoms with Crippen LogP contribution in [-0.4, -0.2) is 107 Å². The number of benzene rings is 3. The summed E-state index contributed by atoms with van der Waals surface area (Å²) in [5, 5.41) is 24.0. The fourth-order valence-electron chi connectivity index (χ4n) is 7.42. The molecule has 2 aliphatic heterocycles. The average molecular weight is 865 g/mol. The van der Waals surface area contributed by atoms with Crippen molar-refractivity contribution >= 4 is 41.1 Å². The number of nitrogens with zero attached hydrogens (tertiary/aromatic N) is 1. The first-order valence-electron chi connectivity index (χ1n) is 20.2. The fraction of sp³-hybridized carbons (Fsp3) is 0.489. The van der Waals surface area contributed by atoms with Crippen LogP contribution in [0.3, 0.4) is 0 Å². The van der Waals surface area contributed by atoms with Gasteiger partial charge < -0.3 is 48.7 Å². The molecular weight excluding hydrogens is 809 g/mol. The minimum absolute atomic E-state index is 0.00768. The smallest absolute Gasteiger partial charge is 0.303 e. The second-order valence-electron chi connectivity index (χ2n) is 15.3. The van der Waals surface area contributed by atoms with Crippen LogP contribution in [0.4, 0.5) is 0 Å². The van der Waals surface area contributed by atoms with Crippen molar-refractivity contribution in [1.82, 2.24) is 10.2 Å². The van der Waals surface area contributed by atoms with Gasteiger partial charge in [-0.2, -0.15) is 0 Å². The second-order valence-corrected chi connectivity index (χ2v) is 15.8. The standard InChI is InChI=1S/C45H56N2O13S/c1-26(41(53)34-10-8-7-9-11-34)47(6)23-36-20-37(33-16-14-32(24-48)15-17-33)60-45(58-36)35-18-12-31(13-19-35)22-46-40(61)21-38-42(55-28(3)50)44(57-30(5)52)43(56-29(4)51)39(59-38)25-54-27(2)49/h7-19,26,36-39,41-45,48,53H,20-25H2,1-6H3,(H,46,61). The highest BCUT2D eigenvalue weighted by Gasteiger charge is 2.52. The van der Waals surface area contributed by atoms with Gasteiger partial charge >= 0.3 is 23.9 Å². The van der Waals surface area contributed by atoms with E-state index in [2.05, 4.69) is 10.2 Å². The molecule has 5 rings (SSSR count). The quantitative estimate of drug-likeness (QED) is 0.0961. The molecule has 0 aliphatic carbocycles. The van der Waals surface area contributed by atoms with Crippen molar-refractivity contribution in [1.29, 1.82) is 0 Å². The second kappa shape index (κ2) is 22.3. The number of carbonyl (C=O) groups excluding carboxylic acids is 4. The van der Waals surface area contributed by atoms with Crippen molar-refractivity contribution in [2.75, 3.05) is 20.2 Å². The predicted molar refractivity (Wildman–Crippen MR) is 224 cm³/mol. The first-order chi connectivity index (χ1) is 29.1. The van der Waals surface area contributed by atoms with Gasteiger partial charge in [-0.15, -0.1) is 0 Å². The Kier molecular flexibility index (Phi) is 17.3. The van der Waals surface area contributed by atoms with Gasteiger partial charge in [0.05, 0.1) is 29.9 Å². The van der Waals surface area contributed by atoms with Crippen LogP contribution in [0.2, 0.25) is 0 Å². The van der Waals surface area contributed by atoms with Crippen LogP contribution in [0.15, 0.2) is 78.9 Å². The first-order valence-corrected chi connectivity index (χ1v) is 20.6. The number of esters is 4. The number of aliphatic hydroxyl groups is 2. The molecule has 0 saturated carbocycles. The van der Waals surface area contributed by atoms with E-state index in [1.54, 1.807) is 0 Å². The molecule has 15 nitrogen and oxygen atoms in total. The Bertz CT molecular complexity index is 1930. The molecule has 61 heavy (non-hydrogen) atoms. The molecule has 0 spiro atoms. The van der Waals surface area contributed by atoms with Gasteiger partial charge in [-0.05, 0) is 36.2 Å². The van der Waals surface area contributed by atoms with Crippen molar-refractivity contribution in [3.8, 4) is 0 Å². The SMILES string of the molecule is CC(=O)OCC1OC(CC(=S)NCc2ccc(C3OC(CN(C)C(C)C(O)c4ccccc4)CC(c4ccc(CO)cc4)O3)cc2)C(OC(C)=O)C(OC(C)=O)C1OC(C)=O. The molecule has 0 radical (unpaired) electrons. The highest BCUT2D eigenvalue weighted by molar-refractivity contribution is 7.80. The zero-order valence-corrected chi connectivity index (χ0v) is 36.1. The topological polar surface area (TPSA) is 189 Å². The maximum absolute atomic E-state index is 12.3. The van der Waals surface area contributed by atoms with E-state index in [1.807, 2.05) is 92.8 Å². The van der Waals surface area contributed by atoms with Crippen LogP contribution >= 0.6 is 12.2 Å². The van der Waals surface area contributed by atoms with E-state index >= 15 is 0 Å². The molecule has 2 fully saturated rings. The number of hydrogen-bond donors (Lipinski definition) is 3. The molecule has 2 aliphatic rings. The molecule has 3 aromatic rings. The molecular formula is C45H56N2O13S. The minimum atomic E-state index is -1.28. The fourth-order valence-corrected chi connectivity index (χ4v) is 7.66. The Balaban J connectivity index is 1.27. The van der Waals surface area contributed by atoms with Gasteiger partial charge in [-0.25, -0.2) is 0 Å². The highest BCUT2D eigenvalue weighted by atomic mass is 32.1. The molecule has 0 amide bonds. The minimum Gasteiger partial charge on any atom is -0.463 e. The lowest BCUT2D eigenvalue weighted by Gasteiger charge is -2.44. The third-order valence-corrected chi connectivity index (χ3v) is 10.9. The largest absolute Gasteiger partial charge is 0.463 e. The monoisotopic (exact) mass is 864 g/mol. The maximum Gasteiger partial charge on any atom is 0.303 e. The normalized spacial score (nSPS) is 24.8. The van der Waals surface area contributed by atoms with Gasteiger partial charge in [-0.3, -0.25) is 24.1 Å². The number of thiocarbonyl (C=S) groups is 1. The van der Waals surface area contributed by atoms with E-state index in [4.69, 9.17) is 45.4 Å². The van der Waals surface area contributed by atoms with Crippen LogP contribution in [-0.2, 0) is 65.5 Å². The summed E-state index contributed by atoms with van der Waals surface area (Å²) in [6.45, 7) is 7.16. The van der Waals surface area contributed by atoms with Crippen LogP contribution in [0.1, 0.15) is 93.8 Å². The third-order valence-electron chi connectivity index (χ3n) is 10.6. The number of aliphatic hydroxyl groups excluding tert-OH is 2. The Morgan fingerprint density at radius 3 is 1.93 bits per heavy atom. The first kappa shape index (κ1) is 47.2. The van der Waals surface area contributed by atoms with Gasteiger partial charge in [0.2, 0.25) is 0 Å².